The fourth-order valence-corrected chi connectivity index (χ4v) is 0.960. The van der Waals surface area contributed by atoms with Gasteiger partial charge in [0.2, 0.25) is 0 Å². The molecule has 1 unspecified atom stereocenters. The van der Waals surface area contributed by atoms with E-state index in [-0.39, 0.29) is 0 Å². The highest BCUT2D eigenvalue weighted by molar-refractivity contribution is 5.56. The third kappa shape index (κ3) is 4.65. The summed E-state index contributed by atoms with van der Waals surface area (Å²) in [5, 5.41) is 8.22. The Morgan fingerprint density at radius 2 is 2.09 bits per heavy atom. The number of hydrogen-bond donors (Lipinski definition) is 1. The molecule has 0 aromatic rings. The van der Waals surface area contributed by atoms with Gasteiger partial charge in [0, 0.05) is 0 Å². The minimum atomic E-state index is -1.18. The molecule has 0 fully saturated rings. The standard InChI is InChI=1S/C8H16O3/c1-4-7(6(2)3)5-11-8(9)10/h6-7H,4-5H2,1-3H3,(H,9,10). The fourth-order valence-electron chi connectivity index (χ4n) is 0.960. The first-order chi connectivity index (χ1) is 5.07. The van der Waals surface area contributed by atoms with Crippen LogP contribution in [0.2, 0.25) is 0 Å². The summed E-state index contributed by atoms with van der Waals surface area (Å²) >= 11 is 0. The predicted octanol–water partition coefficient (Wildman–Crippen LogP) is 2.36. The van der Waals surface area contributed by atoms with Crippen LogP contribution in [0.5, 0.6) is 0 Å². The molecule has 0 amide bonds. The Kier molecular flexibility index (Phi) is 4.66. The Labute approximate surface area is 67.4 Å². The van der Waals surface area contributed by atoms with Crippen molar-refractivity contribution in [3.63, 3.8) is 0 Å². The van der Waals surface area contributed by atoms with E-state index in [0.29, 0.717) is 18.4 Å². The van der Waals surface area contributed by atoms with Gasteiger partial charge in [-0.05, 0) is 18.3 Å². The van der Waals surface area contributed by atoms with Gasteiger partial charge in [0.25, 0.3) is 0 Å². The van der Waals surface area contributed by atoms with Gasteiger partial charge in [0.15, 0.2) is 0 Å². The minimum Gasteiger partial charge on any atom is -0.450 e. The molecule has 11 heavy (non-hydrogen) atoms. The van der Waals surface area contributed by atoms with Crippen LogP contribution in [0.3, 0.4) is 0 Å². The molecule has 0 aromatic carbocycles. The molecule has 0 aliphatic carbocycles. The highest BCUT2D eigenvalue weighted by Gasteiger charge is 2.12. The average molecular weight is 160 g/mol. The molecule has 0 bridgehead atoms. The van der Waals surface area contributed by atoms with Crippen LogP contribution in [0.4, 0.5) is 4.79 Å². The van der Waals surface area contributed by atoms with Crippen molar-refractivity contribution in [3.05, 3.63) is 0 Å². The summed E-state index contributed by atoms with van der Waals surface area (Å²) < 4.78 is 4.47. The molecule has 0 aliphatic heterocycles. The van der Waals surface area contributed by atoms with E-state index in [9.17, 15) is 4.79 Å². The Morgan fingerprint density at radius 1 is 1.55 bits per heavy atom. The van der Waals surface area contributed by atoms with Crippen molar-refractivity contribution in [1.82, 2.24) is 0 Å². The normalized spacial score (nSPS) is 13.1. The van der Waals surface area contributed by atoms with Gasteiger partial charge in [-0.3, -0.25) is 0 Å². The molecule has 1 N–H and O–H groups in total. The highest BCUT2D eigenvalue weighted by Crippen LogP contribution is 2.14. The smallest absolute Gasteiger partial charge is 0.450 e. The van der Waals surface area contributed by atoms with Gasteiger partial charge >= 0.3 is 6.16 Å². The Morgan fingerprint density at radius 3 is 2.36 bits per heavy atom. The second-order valence-electron chi connectivity index (χ2n) is 2.99. The molecule has 3 nitrogen and oxygen atoms in total. The van der Waals surface area contributed by atoms with Gasteiger partial charge in [-0.25, -0.2) is 4.79 Å². The molecule has 3 heteroatoms. The van der Waals surface area contributed by atoms with E-state index in [4.69, 9.17) is 5.11 Å². The van der Waals surface area contributed by atoms with E-state index in [1.165, 1.54) is 0 Å². The topological polar surface area (TPSA) is 46.5 Å². The molecule has 1 atom stereocenters. The van der Waals surface area contributed by atoms with Gasteiger partial charge in [-0.1, -0.05) is 20.8 Å². The van der Waals surface area contributed by atoms with E-state index in [1.807, 2.05) is 6.92 Å². The first-order valence-electron chi connectivity index (χ1n) is 3.93. The summed E-state index contributed by atoms with van der Waals surface area (Å²) in [6, 6.07) is 0. The number of rotatable bonds is 4. The van der Waals surface area contributed by atoms with Crippen LogP contribution in [0, 0.1) is 11.8 Å². The Balaban J connectivity index is 3.61. The van der Waals surface area contributed by atoms with Crippen LogP contribution in [0.25, 0.3) is 0 Å². The summed E-state index contributed by atoms with van der Waals surface area (Å²) in [7, 11) is 0. The number of hydrogen-bond acceptors (Lipinski definition) is 2. The maximum atomic E-state index is 10.0. The van der Waals surface area contributed by atoms with Crippen molar-refractivity contribution in [2.24, 2.45) is 11.8 Å². The summed E-state index contributed by atoms with van der Waals surface area (Å²) in [5.74, 6) is 0.838. The molecule has 0 radical (unpaired) electrons. The SMILES string of the molecule is CCC(COC(=O)O)C(C)C. The fraction of sp³-hybridized carbons (Fsp3) is 0.875. The molecular formula is C8H16O3. The summed E-state index contributed by atoms with van der Waals surface area (Å²) in [6.07, 6.45) is -0.214. The monoisotopic (exact) mass is 160 g/mol. The van der Waals surface area contributed by atoms with Crippen LogP contribution >= 0.6 is 0 Å². The molecule has 0 saturated carbocycles. The zero-order valence-electron chi connectivity index (χ0n) is 7.33. The van der Waals surface area contributed by atoms with Crippen molar-refractivity contribution in [3.8, 4) is 0 Å². The van der Waals surface area contributed by atoms with Crippen LogP contribution in [-0.4, -0.2) is 17.9 Å². The van der Waals surface area contributed by atoms with Gasteiger partial charge in [-0.15, -0.1) is 0 Å². The third-order valence-corrected chi connectivity index (χ3v) is 1.89. The lowest BCUT2D eigenvalue weighted by Gasteiger charge is -2.17. The van der Waals surface area contributed by atoms with E-state index in [1.54, 1.807) is 0 Å². The molecule has 0 aliphatic rings. The van der Waals surface area contributed by atoms with Crippen LogP contribution in [0.15, 0.2) is 0 Å². The molecular weight excluding hydrogens is 144 g/mol. The molecule has 0 heterocycles. The van der Waals surface area contributed by atoms with Crippen molar-refractivity contribution in [2.75, 3.05) is 6.61 Å². The summed E-state index contributed by atoms with van der Waals surface area (Å²) in [5.41, 5.74) is 0. The zero-order valence-corrected chi connectivity index (χ0v) is 7.33. The third-order valence-electron chi connectivity index (χ3n) is 1.89. The first-order valence-corrected chi connectivity index (χ1v) is 3.93. The lowest BCUT2D eigenvalue weighted by Crippen LogP contribution is -2.17. The lowest BCUT2D eigenvalue weighted by molar-refractivity contribution is 0.0682. The second kappa shape index (κ2) is 4.99. The Bertz CT molecular complexity index is 121. The number of ether oxygens (including phenoxy) is 1. The average Bonchev–Trinajstić information content (AvgIpc) is 1.87. The van der Waals surface area contributed by atoms with Crippen LogP contribution in [0.1, 0.15) is 27.2 Å². The van der Waals surface area contributed by atoms with E-state index in [2.05, 4.69) is 18.6 Å². The largest absolute Gasteiger partial charge is 0.505 e. The zero-order chi connectivity index (χ0) is 8.85. The highest BCUT2D eigenvalue weighted by atomic mass is 16.7. The quantitative estimate of drug-likeness (QED) is 0.642. The van der Waals surface area contributed by atoms with Crippen LogP contribution in [-0.2, 0) is 4.74 Å². The van der Waals surface area contributed by atoms with Crippen molar-refractivity contribution < 1.29 is 14.6 Å². The maximum Gasteiger partial charge on any atom is 0.505 e. The maximum absolute atomic E-state index is 10.0. The van der Waals surface area contributed by atoms with Gasteiger partial charge in [0.1, 0.15) is 0 Å². The molecule has 0 aromatic heterocycles. The van der Waals surface area contributed by atoms with Gasteiger partial charge < -0.3 is 9.84 Å². The van der Waals surface area contributed by atoms with Gasteiger partial charge in [-0.2, -0.15) is 0 Å². The summed E-state index contributed by atoms with van der Waals surface area (Å²) in [4.78, 5) is 10.0. The minimum absolute atomic E-state index is 0.323. The van der Waals surface area contributed by atoms with E-state index >= 15 is 0 Å². The van der Waals surface area contributed by atoms with Crippen molar-refractivity contribution >= 4 is 6.16 Å². The number of carbonyl (C=O) groups is 1. The van der Waals surface area contributed by atoms with E-state index < -0.39 is 6.16 Å². The van der Waals surface area contributed by atoms with Gasteiger partial charge in [0.05, 0.1) is 6.61 Å². The molecule has 0 spiro atoms. The first kappa shape index (κ1) is 10.3. The van der Waals surface area contributed by atoms with Crippen molar-refractivity contribution in [2.45, 2.75) is 27.2 Å². The molecule has 0 rings (SSSR count). The molecule has 0 saturated heterocycles. The van der Waals surface area contributed by atoms with E-state index in [0.717, 1.165) is 6.42 Å². The second-order valence-corrected chi connectivity index (χ2v) is 2.99. The lowest BCUT2D eigenvalue weighted by atomic mass is 9.94. The Hall–Kier alpha value is -0.730. The number of carboxylic acid groups (broad SMARTS) is 1. The molecule has 66 valence electrons. The van der Waals surface area contributed by atoms with Crippen molar-refractivity contribution in [1.29, 1.82) is 0 Å². The predicted molar refractivity (Wildman–Crippen MR) is 42.6 cm³/mol. The summed E-state index contributed by atoms with van der Waals surface area (Å²) in [6.45, 7) is 6.50. The van der Waals surface area contributed by atoms with Crippen LogP contribution < -0.4 is 0 Å².